The maximum Gasteiger partial charge on any atom is 0.123 e. The highest BCUT2D eigenvalue weighted by atomic mass is 32.2. The number of hydrogen-bond acceptors (Lipinski definition) is 2. The molecular weight excluding hydrogens is 281 g/mol. The van der Waals surface area contributed by atoms with E-state index in [1.165, 1.54) is 10.5 Å². The standard InChI is InChI=1S/C18H22FNS/c1-4-20-17(15-9-13(2)10-16(19)11-15)12-21-18-8-6-5-7-14(18)3/h5-11,17,20H,4,12H2,1-3H3. The van der Waals surface area contributed by atoms with E-state index in [2.05, 4.69) is 49.5 Å². The Balaban J connectivity index is 2.14. The molecule has 0 fully saturated rings. The summed E-state index contributed by atoms with van der Waals surface area (Å²) in [5, 5.41) is 3.46. The van der Waals surface area contributed by atoms with Crippen molar-refractivity contribution in [1.82, 2.24) is 5.32 Å². The monoisotopic (exact) mass is 303 g/mol. The summed E-state index contributed by atoms with van der Waals surface area (Å²) in [7, 11) is 0. The largest absolute Gasteiger partial charge is 0.309 e. The Morgan fingerprint density at radius 2 is 1.90 bits per heavy atom. The van der Waals surface area contributed by atoms with Gasteiger partial charge in [0.2, 0.25) is 0 Å². The molecule has 0 aliphatic carbocycles. The molecule has 2 aromatic carbocycles. The molecule has 1 N–H and O–H groups in total. The smallest absolute Gasteiger partial charge is 0.123 e. The Bertz CT molecular complexity index is 577. The van der Waals surface area contributed by atoms with Crippen molar-refractivity contribution >= 4 is 11.8 Å². The summed E-state index contributed by atoms with van der Waals surface area (Å²) in [6.45, 7) is 7.01. The third kappa shape index (κ3) is 4.58. The van der Waals surface area contributed by atoms with Crippen molar-refractivity contribution in [2.75, 3.05) is 12.3 Å². The van der Waals surface area contributed by atoms with Crippen LogP contribution in [0.15, 0.2) is 47.4 Å². The molecule has 0 spiro atoms. The van der Waals surface area contributed by atoms with Crippen molar-refractivity contribution in [2.24, 2.45) is 0 Å². The van der Waals surface area contributed by atoms with Crippen LogP contribution in [0, 0.1) is 19.7 Å². The van der Waals surface area contributed by atoms with Crippen molar-refractivity contribution in [2.45, 2.75) is 31.7 Å². The van der Waals surface area contributed by atoms with Gasteiger partial charge in [-0.2, -0.15) is 0 Å². The Morgan fingerprint density at radius 3 is 2.57 bits per heavy atom. The van der Waals surface area contributed by atoms with Crippen LogP contribution in [-0.4, -0.2) is 12.3 Å². The number of thioether (sulfide) groups is 1. The van der Waals surface area contributed by atoms with Crippen LogP contribution in [0.1, 0.15) is 29.7 Å². The van der Waals surface area contributed by atoms with Crippen molar-refractivity contribution in [1.29, 1.82) is 0 Å². The zero-order chi connectivity index (χ0) is 15.2. The lowest BCUT2D eigenvalue weighted by atomic mass is 10.1. The van der Waals surface area contributed by atoms with Crippen LogP contribution >= 0.6 is 11.8 Å². The highest BCUT2D eigenvalue weighted by Gasteiger charge is 2.13. The molecule has 1 nitrogen and oxygen atoms in total. The van der Waals surface area contributed by atoms with Crippen LogP contribution in [0.5, 0.6) is 0 Å². The molecule has 0 saturated carbocycles. The van der Waals surface area contributed by atoms with Gasteiger partial charge >= 0.3 is 0 Å². The van der Waals surface area contributed by atoms with Crippen LogP contribution < -0.4 is 5.32 Å². The van der Waals surface area contributed by atoms with Gasteiger partial charge in [-0.05, 0) is 55.3 Å². The first-order valence-electron chi connectivity index (χ1n) is 7.29. The summed E-state index contributed by atoms with van der Waals surface area (Å²) in [5.41, 5.74) is 3.28. The first-order valence-corrected chi connectivity index (χ1v) is 8.27. The van der Waals surface area contributed by atoms with Crippen LogP contribution in [0.2, 0.25) is 0 Å². The fourth-order valence-electron chi connectivity index (χ4n) is 2.38. The van der Waals surface area contributed by atoms with E-state index in [9.17, 15) is 4.39 Å². The van der Waals surface area contributed by atoms with Gasteiger partial charge in [0.1, 0.15) is 5.82 Å². The molecule has 2 rings (SSSR count). The van der Waals surface area contributed by atoms with Gasteiger partial charge in [0, 0.05) is 16.7 Å². The molecule has 0 aliphatic rings. The van der Waals surface area contributed by atoms with Crippen molar-refractivity contribution in [3.8, 4) is 0 Å². The maximum atomic E-state index is 13.6. The van der Waals surface area contributed by atoms with Gasteiger partial charge in [0.05, 0.1) is 0 Å². The van der Waals surface area contributed by atoms with Gasteiger partial charge in [0.25, 0.3) is 0 Å². The fourth-order valence-corrected chi connectivity index (χ4v) is 3.50. The second-order valence-corrected chi connectivity index (χ2v) is 6.31. The zero-order valence-electron chi connectivity index (χ0n) is 12.8. The minimum atomic E-state index is -0.159. The van der Waals surface area contributed by atoms with Gasteiger partial charge < -0.3 is 5.32 Å². The predicted octanol–water partition coefficient (Wildman–Crippen LogP) is 4.89. The van der Waals surface area contributed by atoms with Crippen molar-refractivity contribution < 1.29 is 4.39 Å². The van der Waals surface area contributed by atoms with E-state index in [0.717, 1.165) is 23.4 Å². The molecule has 1 unspecified atom stereocenters. The number of halogens is 1. The molecule has 0 bridgehead atoms. The first-order chi connectivity index (χ1) is 10.1. The van der Waals surface area contributed by atoms with Crippen LogP contribution in [0.25, 0.3) is 0 Å². The van der Waals surface area contributed by atoms with Gasteiger partial charge in [-0.15, -0.1) is 11.8 Å². The second kappa shape index (κ2) is 7.62. The van der Waals surface area contributed by atoms with E-state index < -0.39 is 0 Å². The highest BCUT2D eigenvalue weighted by Crippen LogP contribution is 2.27. The van der Waals surface area contributed by atoms with Gasteiger partial charge in [-0.3, -0.25) is 0 Å². The molecule has 21 heavy (non-hydrogen) atoms. The van der Waals surface area contributed by atoms with E-state index in [0.29, 0.717) is 0 Å². The lowest BCUT2D eigenvalue weighted by molar-refractivity contribution is 0.587. The minimum Gasteiger partial charge on any atom is -0.309 e. The van der Waals surface area contributed by atoms with Gasteiger partial charge in [-0.25, -0.2) is 4.39 Å². The van der Waals surface area contributed by atoms with E-state index in [-0.39, 0.29) is 11.9 Å². The molecule has 0 aliphatic heterocycles. The van der Waals surface area contributed by atoms with E-state index in [1.54, 1.807) is 12.1 Å². The number of nitrogens with one attached hydrogen (secondary N) is 1. The van der Waals surface area contributed by atoms with E-state index in [4.69, 9.17) is 0 Å². The Kier molecular flexibility index (Phi) is 5.83. The number of rotatable bonds is 6. The zero-order valence-corrected chi connectivity index (χ0v) is 13.6. The highest BCUT2D eigenvalue weighted by molar-refractivity contribution is 7.99. The number of aryl methyl sites for hydroxylation is 2. The second-order valence-electron chi connectivity index (χ2n) is 5.25. The van der Waals surface area contributed by atoms with Gasteiger partial charge in [-0.1, -0.05) is 31.2 Å². The van der Waals surface area contributed by atoms with Gasteiger partial charge in [0.15, 0.2) is 0 Å². The van der Waals surface area contributed by atoms with Crippen molar-refractivity contribution in [3.05, 3.63) is 65.0 Å². The quantitative estimate of drug-likeness (QED) is 0.763. The molecule has 0 amide bonds. The molecular formula is C18H22FNS. The summed E-state index contributed by atoms with van der Waals surface area (Å²) in [6, 6.07) is 13.8. The molecule has 3 heteroatoms. The average molecular weight is 303 g/mol. The topological polar surface area (TPSA) is 12.0 Å². The predicted molar refractivity (Wildman–Crippen MR) is 89.5 cm³/mol. The first kappa shape index (κ1) is 16.1. The summed E-state index contributed by atoms with van der Waals surface area (Å²) in [5.74, 6) is 0.732. The molecule has 2 aromatic rings. The third-order valence-corrected chi connectivity index (χ3v) is 4.69. The third-order valence-electron chi connectivity index (χ3n) is 3.42. The average Bonchev–Trinajstić information content (AvgIpc) is 2.44. The molecule has 1 atom stereocenters. The Labute approximate surface area is 131 Å². The summed E-state index contributed by atoms with van der Waals surface area (Å²) >= 11 is 1.82. The van der Waals surface area contributed by atoms with Crippen molar-refractivity contribution in [3.63, 3.8) is 0 Å². The molecule has 112 valence electrons. The number of hydrogen-bond donors (Lipinski definition) is 1. The molecule has 0 heterocycles. The van der Waals surface area contributed by atoms with Crippen LogP contribution in [0.3, 0.4) is 0 Å². The Hall–Kier alpha value is -1.32. The Morgan fingerprint density at radius 1 is 1.14 bits per heavy atom. The lowest BCUT2D eigenvalue weighted by Crippen LogP contribution is -2.23. The fraction of sp³-hybridized carbons (Fsp3) is 0.333. The van der Waals surface area contributed by atoms with E-state index in [1.807, 2.05) is 18.7 Å². The summed E-state index contributed by atoms with van der Waals surface area (Å²) < 4.78 is 13.6. The minimum absolute atomic E-state index is 0.159. The summed E-state index contributed by atoms with van der Waals surface area (Å²) in [6.07, 6.45) is 0. The normalized spacial score (nSPS) is 12.4. The number of benzene rings is 2. The molecule has 0 aromatic heterocycles. The molecule has 0 saturated heterocycles. The van der Waals surface area contributed by atoms with Crippen LogP contribution in [-0.2, 0) is 0 Å². The van der Waals surface area contributed by atoms with E-state index >= 15 is 0 Å². The molecule has 0 radical (unpaired) electrons. The lowest BCUT2D eigenvalue weighted by Gasteiger charge is -2.19. The SMILES string of the molecule is CCNC(CSc1ccccc1C)c1cc(C)cc(F)c1. The summed E-state index contributed by atoms with van der Waals surface area (Å²) in [4.78, 5) is 1.29. The van der Waals surface area contributed by atoms with Crippen LogP contribution in [0.4, 0.5) is 4.39 Å². The maximum absolute atomic E-state index is 13.6.